The van der Waals surface area contributed by atoms with Crippen LogP contribution in [0.1, 0.15) is 27.7 Å². The molecule has 0 atom stereocenters. The first-order valence-electron chi connectivity index (χ1n) is 8.11. The second kappa shape index (κ2) is 7.33. The van der Waals surface area contributed by atoms with Gasteiger partial charge in [-0.1, -0.05) is 39.8 Å². The van der Waals surface area contributed by atoms with Crippen LogP contribution in [0.25, 0.3) is 0 Å². The zero-order valence-electron chi connectivity index (χ0n) is 15.0. The number of nitro groups is 1. The molecule has 0 fully saturated rings. The number of rotatable bonds is 5. The molecule has 0 spiro atoms. The van der Waals surface area contributed by atoms with Crippen LogP contribution in [0.3, 0.4) is 0 Å². The molecule has 138 valence electrons. The fourth-order valence-electron chi connectivity index (χ4n) is 2.58. The lowest BCUT2D eigenvalue weighted by atomic mass is 9.84. The monoisotopic (exact) mass is 376 g/mol. The number of hydrogen-bond acceptors (Lipinski definition) is 5. The highest BCUT2D eigenvalue weighted by Gasteiger charge is 2.28. The molecular formula is C18H20N2O5S. The van der Waals surface area contributed by atoms with Gasteiger partial charge in [-0.05, 0) is 30.1 Å². The van der Waals surface area contributed by atoms with Crippen molar-refractivity contribution in [2.75, 3.05) is 0 Å². The average Bonchev–Trinajstić information content (AvgIpc) is 2.55. The minimum absolute atomic E-state index is 0.0927. The van der Waals surface area contributed by atoms with E-state index < -0.39 is 25.5 Å². The molecule has 0 aliphatic heterocycles. The van der Waals surface area contributed by atoms with Crippen LogP contribution in [-0.4, -0.2) is 24.8 Å². The lowest BCUT2D eigenvalue weighted by molar-refractivity contribution is -0.387. The number of carbonyl (C=O) groups excluding carboxylic acids is 1. The molecule has 2 rings (SSSR count). The first-order chi connectivity index (χ1) is 12.0. The molecule has 0 heterocycles. The molecule has 0 saturated carbocycles. The van der Waals surface area contributed by atoms with E-state index >= 15 is 0 Å². The van der Waals surface area contributed by atoms with Crippen molar-refractivity contribution >= 4 is 27.2 Å². The summed E-state index contributed by atoms with van der Waals surface area (Å²) >= 11 is 0. The van der Waals surface area contributed by atoms with Gasteiger partial charge in [-0.15, -0.1) is 0 Å². The number of ketones is 1. The molecule has 0 radical (unpaired) electrons. The smallest absolute Gasteiger partial charge is 0.289 e. The van der Waals surface area contributed by atoms with Gasteiger partial charge in [-0.25, -0.2) is 0 Å². The summed E-state index contributed by atoms with van der Waals surface area (Å²) in [5.41, 5.74) is 0.487. The number of allylic oxidation sites excluding steroid dienone is 4. The van der Waals surface area contributed by atoms with Gasteiger partial charge in [0.1, 0.15) is 0 Å². The van der Waals surface area contributed by atoms with Gasteiger partial charge in [0.25, 0.3) is 15.7 Å². The van der Waals surface area contributed by atoms with Gasteiger partial charge in [0.2, 0.25) is 0 Å². The summed E-state index contributed by atoms with van der Waals surface area (Å²) in [5.74, 6) is -0.343. The van der Waals surface area contributed by atoms with Crippen molar-refractivity contribution in [1.82, 2.24) is 0 Å². The number of nitro benzene ring substituents is 1. The Kier molecular flexibility index (Phi) is 5.56. The first kappa shape index (κ1) is 19.7. The maximum atomic E-state index is 12.6. The van der Waals surface area contributed by atoms with Gasteiger partial charge in [-0.3, -0.25) is 14.9 Å². The Labute approximate surface area is 152 Å². The lowest BCUT2D eigenvalue weighted by Gasteiger charge is -2.19. The Morgan fingerprint density at radius 1 is 1.00 bits per heavy atom. The van der Waals surface area contributed by atoms with Crippen LogP contribution in [0.2, 0.25) is 0 Å². The van der Waals surface area contributed by atoms with Crippen molar-refractivity contribution < 1.29 is 18.1 Å². The molecule has 0 amide bonds. The molecule has 1 aromatic carbocycles. The van der Waals surface area contributed by atoms with E-state index in [1.807, 2.05) is 27.7 Å². The number of hydrogen-bond donors (Lipinski definition) is 0. The molecule has 0 saturated heterocycles. The molecule has 26 heavy (non-hydrogen) atoms. The van der Waals surface area contributed by atoms with E-state index in [0.29, 0.717) is 11.1 Å². The number of carbonyl (C=O) groups is 1. The van der Waals surface area contributed by atoms with Crippen LogP contribution in [0.4, 0.5) is 5.69 Å². The van der Waals surface area contributed by atoms with Crippen LogP contribution in [-0.2, 0) is 14.8 Å². The highest BCUT2D eigenvalue weighted by atomic mass is 32.2. The van der Waals surface area contributed by atoms with Gasteiger partial charge in [-0.2, -0.15) is 12.8 Å². The van der Waals surface area contributed by atoms with Gasteiger partial charge in [0, 0.05) is 17.2 Å². The molecule has 1 aliphatic carbocycles. The maximum Gasteiger partial charge on any atom is 0.289 e. The van der Waals surface area contributed by atoms with Crippen molar-refractivity contribution in [1.29, 1.82) is 0 Å². The predicted octanol–water partition coefficient (Wildman–Crippen LogP) is 3.47. The summed E-state index contributed by atoms with van der Waals surface area (Å²) in [6.07, 6.45) is 2.87. The van der Waals surface area contributed by atoms with Crippen molar-refractivity contribution in [3.05, 3.63) is 57.7 Å². The normalized spacial score (nSPS) is 15.2. The van der Waals surface area contributed by atoms with Crippen LogP contribution in [0.5, 0.6) is 0 Å². The average molecular weight is 376 g/mol. The molecule has 1 aliphatic rings. The maximum absolute atomic E-state index is 12.6. The van der Waals surface area contributed by atoms with Crippen molar-refractivity contribution in [2.24, 2.45) is 16.2 Å². The van der Waals surface area contributed by atoms with E-state index in [0.717, 1.165) is 12.1 Å². The van der Waals surface area contributed by atoms with Crippen molar-refractivity contribution in [3.63, 3.8) is 0 Å². The molecule has 0 unspecified atom stereocenters. The van der Waals surface area contributed by atoms with E-state index in [9.17, 15) is 23.3 Å². The fourth-order valence-corrected chi connectivity index (χ4v) is 3.72. The fraction of sp³-hybridized carbons (Fsp3) is 0.333. The second-order valence-corrected chi connectivity index (χ2v) is 8.13. The van der Waals surface area contributed by atoms with E-state index in [2.05, 4.69) is 4.40 Å². The lowest BCUT2D eigenvalue weighted by Crippen LogP contribution is -2.21. The topological polar surface area (TPSA) is 107 Å². The molecule has 0 bridgehead atoms. The van der Waals surface area contributed by atoms with Crippen molar-refractivity contribution in [2.45, 2.75) is 32.6 Å². The SMILES string of the molecule is CC(C)C1=CC(=NS(=O)(=O)c2ccccc2[N+](=O)[O-])C=C(C(C)C)C1=O. The number of nitrogens with zero attached hydrogens (tertiary/aromatic N) is 2. The molecule has 8 heteroatoms. The standard InChI is InChI=1S/C18H20N2O5S/c1-11(2)14-9-13(10-15(12(3)4)18(14)21)19-26(24,25)17-8-6-5-7-16(17)20(22)23/h5-12H,1-4H3. The number of sulfonamides is 1. The highest BCUT2D eigenvalue weighted by Crippen LogP contribution is 2.28. The van der Waals surface area contributed by atoms with Crippen LogP contribution < -0.4 is 0 Å². The molecule has 0 N–H and O–H groups in total. The molecular weight excluding hydrogens is 356 g/mol. The quantitative estimate of drug-likeness (QED) is 0.444. The number of para-hydroxylation sites is 1. The third-order valence-corrected chi connectivity index (χ3v) is 5.29. The summed E-state index contributed by atoms with van der Waals surface area (Å²) in [5, 5.41) is 11.1. The zero-order valence-corrected chi connectivity index (χ0v) is 15.8. The summed E-state index contributed by atoms with van der Waals surface area (Å²) in [6, 6.07) is 5.04. The summed E-state index contributed by atoms with van der Waals surface area (Å²) in [6.45, 7) is 7.34. The van der Waals surface area contributed by atoms with Gasteiger partial charge >= 0.3 is 0 Å². The van der Waals surface area contributed by atoms with Gasteiger partial charge in [0.05, 0.1) is 10.6 Å². The van der Waals surface area contributed by atoms with Crippen LogP contribution in [0, 0.1) is 22.0 Å². The Hall–Kier alpha value is -2.61. The van der Waals surface area contributed by atoms with Gasteiger partial charge in [0.15, 0.2) is 10.7 Å². The second-order valence-electron chi connectivity index (χ2n) is 6.55. The Bertz CT molecular complexity index is 924. The van der Waals surface area contributed by atoms with Crippen molar-refractivity contribution in [3.8, 4) is 0 Å². The largest absolute Gasteiger partial charge is 0.289 e. The third kappa shape index (κ3) is 3.96. The van der Waals surface area contributed by atoms with E-state index in [4.69, 9.17) is 0 Å². The Morgan fingerprint density at radius 2 is 1.50 bits per heavy atom. The van der Waals surface area contributed by atoms with E-state index in [1.54, 1.807) is 0 Å². The minimum Gasteiger partial charge on any atom is -0.289 e. The molecule has 1 aromatic rings. The minimum atomic E-state index is -4.31. The number of Topliss-reactive ketones (excluding diaryl/α,β-unsaturated/α-hetero) is 1. The van der Waals surface area contributed by atoms with E-state index in [1.165, 1.54) is 24.3 Å². The van der Waals surface area contributed by atoms with Crippen LogP contribution >= 0.6 is 0 Å². The Balaban J connectivity index is 2.63. The first-order valence-corrected chi connectivity index (χ1v) is 9.55. The summed E-state index contributed by atoms with van der Waals surface area (Å²) in [7, 11) is -4.31. The third-order valence-electron chi connectivity index (χ3n) is 3.94. The van der Waals surface area contributed by atoms with E-state index in [-0.39, 0.29) is 23.3 Å². The predicted molar refractivity (Wildman–Crippen MR) is 98.6 cm³/mol. The summed E-state index contributed by atoms with van der Waals surface area (Å²) in [4.78, 5) is 22.4. The Morgan fingerprint density at radius 3 is 1.96 bits per heavy atom. The highest BCUT2D eigenvalue weighted by molar-refractivity contribution is 7.90. The summed E-state index contributed by atoms with van der Waals surface area (Å²) < 4.78 is 29.0. The number of benzene rings is 1. The molecule has 7 nitrogen and oxygen atoms in total. The molecule has 0 aromatic heterocycles. The zero-order chi connectivity index (χ0) is 19.6. The van der Waals surface area contributed by atoms with Gasteiger partial charge < -0.3 is 0 Å². The van der Waals surface area contributed by atoms with Crippen LogP contribution in [0.15, 0.2) is 56.9 Å².